The van der Waals surface area contributed by atoms with Crippen LogP contribution in [0.1, 0.15) is 29.7 Å². The molecule has 0 amide bonds. The van der Waals surface area contributed by atoms with Crippen molar-refractivity contribution < 1.29 is 5.11 Å². The van der Waals surface area contributed by atoms with Crippen LogP contribution in [0.4, 0.5) is 0 Å². The van der Waals surface area contributed by atoms with E-state index >= 15 is 0 Å². The first-order valence-electron chi connectivity index (χ1n) is 6.34. The van der Waals surface area contributed by atoms with E-state index in [0.717, 1.165) is 26.2 Å². The topological polar surface area (TPSA) is 35.5 Å². The quantitative estimate of drug-likeness (QED) is 0.821. The lowest BCUT2D eigenvalue weighted by Gasteiger charge is -2.34. The molecule has 1 heterocycles. The van der Waals surface area contributed by atoms with Gasteiger partial charge in [0.2, 0.25) is 0 Å². The first-order chi connectivity index (χ1) is 8.09. The third-order valence-electron chi connectivity index (χ3n) is 3.70. The maximum absolute atomic E-state index is 9.59. The Hall–Kier alpha value is -1.06. The molecular weight excluding hydrogens is 212 g/mol. The predicted molar refractivity (Wildman–Crippen MR) is 70.4 cm³/mol. The van der Waals surface area contributed by atoms with Crippen LogP contribution in [-0.2, 0) is 0 Å². The van der Waals surface area contributed by atoms with Crippen molar-refractivity contribution in [2.24, 2.45) is 0 Å². The van der Waals surface area contributed by atoms with E-state index in [1.54, 1.807) is 0 Å². The van der Waals surface area contributed by atoms with Gasteiger partial charge in [-0.2, -0.15) is 0 Å². The summed E-state index contributed by atoms with van der Waals surface area (Å²) in [4.78, 5) is 2.50. The van der Waals surface area contributed by atoms with Crippen molar-refractivity contribution in [2.75, 3.05) is 26.2 Å². The summed E-state index contributed by atoms with van der Waals surface area (Å²) in [5, 5.41) is 13.0. The summed E-state index contributed by atoms with van der Waals surface area (Å²) >= 11 is 0. The van der Waals surface area contributed by atoms with E-state index in [9.17, 15) is 5.11 Å². The van der Waals surface area contributed by atoms with Gasteiger partial charge in [-0.1, -0.05) is 0 Å². The highest BCUT2D eigenvalue weighted by Crippen LogP contribution is 2.29. The Morgan fingerprint density at radius 2 is 1.71 bits per heavy atom. The second-order valence-corrected chi connectivity index (χ2v) is 4.96. The number of hydrogen-bond acceptors (Lipinski definition) is 3. The molecule has 1 fully saturated rings. The first kappa shape index (κ1) is 12.4. The fraction of sp³-hybridized carbons (Fsp3) is 0.571. The van der Waals surface area contributed by atoms with Crippen LogP contribution in [-0.4, -0.2) is 36.2 Å². The van der Waals surface area contributed by atoms with Gasteiger partial charge >= 0.3 is 0 Å². The van der Waals surface area contributed by atoms with Gasteiger partial charge in [-0.3, -0.25) is 4.90 Å². The average Bonchev–Trinajstić information content (AvgIpc) is 2.28. The molecule has 1 aromatic rings. The minimum Gasteiger partial charge on any atom is -0.508 e. The molecule has 0 aliphatic carbocycles. The highest BCUT2D eigenvalue weighted by atomic mass is 16.3. The van der Waals surface area contributed by atoms with Crippen LogP contribution in [0, 0.1) is 13.8 Å². The van der Waals surface area contributed by atoms with Crippen LogP contribution in [0.2, 0.25) is 0 Å². The summed E-state index contributed by atoms with van der Waals surface area (Å²) in [5.41, 5.74) is 3.74. The Kier molecular flexibility index (Phi) is 3.69. The molecule has 3 nitrogen and oxygen atoms in total. The number of piperazine rings is 1. The number of hydrogen-bond donors (Lipinski definition) is 2. The number of nitrogens with one attached hydrogen (secondary N) is 1. The molecule has 2 N–H and O–H groups in total. The van der Waals surface area contributed by atoms with Crippen LogP contribution in [0.15, 0.2) is 12.1 Å². The van der Waals surface area contributed by atoms with Crippen molar-refractivity contribution in [3.05, 3.63) is 28.8 Å². The monoisotopic (exact) mass is 234 g/mol. The van der Waals surface area contributed by atoms with Gasteiger partial charge in [-0.15, -0.1) is 0 Å². The Morgan fingerprint density at radius 1 is 1.18 bits per heavy atom. The van der Waals surface area contributed by atoms with Crippen LogP contribution in [0.25, 0.3) is 0 Å². The van der Waals surface area contributed by atoms with Crippen LogP contribution < -0.4 is 5.32 Å². The average molecular weight is 234 g/mol. The van der Waals surface area contributed by atoms with Crippen molar-refractivity contribution in [1.29, 1.82) is 0 Å². The summed E-state index contributed by atoms with van der Waals surface area (Å²) in [6.45, 7) is 10.8. The molecule has 2 rings (SSSR count). The van der Waals surface area contributed by atoms with E-state index in [1.165, 1.54) is 16.7 Å². The molecule has 1 aliphatic rings. The fourth-order valence-electron chi connectivity index (χ4n) is 2.86. The van der Waals surface area contributed by atoms with E-state index in [0.29, 0.717) is 11.8 Å². The second-order valence-electron chi connectivity index (χ2n) is 4.96. The first-order valence-corrected chi connectivity index (χ1v) is 6.34. The van der Waals surface area contributed by atoms with Gasteiger partial charge < -0.3 is 10.4 Å². The molecule has 0 spiro atoms. The van der Waals surface area contributed by atoms with Crippen molar-refractivity contribution >= 4 is 0 Å². The van der Waals surface area contributed by atoms with Crippen LogP contribution in [0.3, 0.4) is 0 Å². The molecule has 1 aromatic carbocycles. The summed E-state index contributed by atoms with van der Waals surface area (Å²) in [5.74, 6) is 0.372. The van der Waals surface area contributed by atoms with Crippen molar-refractivity contribution in [3.63, 3.8) is 0 Å². The van der Waals surface area contributed by atoms with Gasteiger partial charge in [0.25, 0.3) is 0 Å². The Bertz CT molecular complexity index is 374. The third-order valence-corrected chi connectivity index (χ3v) is 3.70. The molecule has 1 atom stereocenters. The Balaban J connectivity index is 2.26. The molecule has 0 unspecified atom stereocenters. The zero-order chi connectivity index (χ0) is 12.4. The molecule has 1 aliphatic heterocycles. The lowest BCUT2D eigenvalue weighted by atomic mass is 9.95. The highest BCUT2D eigenvalue weighted by Gasteiger charge is 2.20. The zero-order valence-electron chi connectivity index (χ0n) is 11.0. The number of phenolic OH excluding ortho intramolecular Hbond substituents is 1. The zero-order valence-corrected chi connectivity index (χ0v) is 11.0. The SMILES string of the molecule is Cc1cc(O)cc(C)c1[C@H](C)N1CCNCC1. The van der Waals surface area contributed by atoms with Gasteiger partial charge in [0.05, 0.1) is 0 Å². The molecule has 17 heavy (non-hydrogen) atoms. The molecule has 94 valence electrons. The second kappa shape index (κ2) is 5.07. The number of aryl methyl sites for hydroxylation is 2. The maximum Gasteiger partial charge on any atom is 0.116 e. The van der Waals surface area contributed by atoms with E-state index in [4.69, 9.17) is 0 Å². The predicted octanol–water partition coefficient (Wildman–Crippen LogP) is 1.98. The third kappa shape index (κ3) is 2.61. The Morgan fingerprint density at radius 3 is 2.24 bits per heavy atom. The molecular formula is C14H22N2O. The van der Waals surface area contributed by atoms with Crippen LogP contribution >= 0.6 is 0 Å². The van der Waals surface area contributed by atoms with Gasteiger partial charge in [-0.05, 0) is 49.6 Å². The largest absolute Gasteiger partial charge is 0.508 e. The molecule has 0 saturated carbocycles. The van der Waals surface area contributed by atoms with Gasteiger partial charge in [0.15, 0.2) is 0 Å². The normalized spacial score (nSPS) is 19.2. The summed E-state index contributed by atoms with van der Waals surface area (Å²) < 4.78 is 0. The lowest BCUT2D eigenvalue weighted by Crippen LogP contribution is -2.44. The molecule has 1 saturated heterocycles. The van der Waals surface area contributed by atoms with Crippen LogP contribution in [0.5, 0.6) is 5.75 Å². The summed E-state index contributed by atoms with van der Waals surface area (Å²) in [6.07, 6.45) is 0. The van der Waals surface area contributed by atoms with E-state index in [-0.39, 0.29) is 0 Å². The number of aromatic hydroxyl groups is 1. The minimum absolute atomic E-state index is 0.372. The van der Waals surface area contributed by atoms with Crippen molar-refractivity contribution in [1.82, 2.24) is 10.2 Å². The smallest absolute Gasteiger partial charge is 0.116 e. The lowest BCUT2D eigenvalue weighted by molar-refractivity contribution is 0.184. The number of nitrogens with zero attached hydrogens (tertiary/aromatic N) is 1. The summed E-state index contributed by atoms with van der Waals surface area (Å²) in [6, 6.07) is 4.15. The molecule has 0 radical (unpaired) electrons. The van der Waals surface area contributed by atoms with Gasteiger partial charge in [0.1, 0.15) is 5.75 Å². The fourth-order valence-corrected chi connectivity index (χ4v) is 2.86. The number of rotatable bonds is 2. The molecule has 0 aromatic heterocycles. The van der Waals surface area contributed by atoms with E-state index in [2.05, 4.69) is 31.0 Å². The molecule has 0 bridgehead atoms. The number of phenols is 1. The maximum atomic E-state index is 9.59. The van der Waals surface area contributed by atoms with Crippen molar-refractivity contribution in [2.45, 2.75) is 26.8 Å². The van der Waals surface area contributed by atoms with Crippen molar-refractivity contribution in [3.8, 4) is 5.75 Å². The van der Waals surface area contributed by atoms with Gasteiger partial charge in [0, 0.05) is 32.2 Å². The Labute approximate surface area is 103 Å². The summed E-state index contributed by atoms with van der Waals surface area (Å²) in [7, 11) is 0. The van der Waals surface area contributed by atoms with Gasteiger partial charge in [-0.25, -0.2) is 0 Å². The minimum atomic E-state index is 0.372. The highest BCUT2D eigenvalue weighted by molar-refractivity contribution is 5.42. The number of benzene rings is 1. The van der Waals surface area contributed by atoms with E-state index < -0.39 is 0 Å². The standard InChI is InChI=1S/C14H22N2O/c1-10-8-13(17)9-11(2)14(10)12(3)16-6-4-15-5-7-16/h8-9,12,15,17H,4-7H2,1-3H3/t12-/m0/s1. The van der Waals surface area contributed by atoms with E-state index in [1.807, 2.05) is 12.1 Å². The molecule has 3 heteroatoms.